The first-order chi connectivity index (χ1) is 21.8. The number of rotatable bonds is 7. The van der Waals surface area contributed by atoms with Gasteiger partial charge in [-0.3, -0.25) is 19.1 Å². The highest BCUT2D eigenvalue weighted by Crippen LogP contribution is 2.41. The number of hydrogen-bond acceptors (Lipinski definition) is 11. The maximum absolute atomic E-state index is 14.7. The molecule has 236 valence electrons. The van der Waals surface area contributed by atoms with Crippen molar-refractivity contribution < 1.29 is 46.8 Å². The molecular weight excluding hydrogens is 616 g/mol. The Morgan fingerprint density at radius 1 is 1.11 bits per heavy atom. The summed E-state index contributed by atoms with van der Waals surface area (Å²) in [7, 11) is 1.20. The van der Waals surface area contributed by atoms with Crippen LogP contribution in [-0.4, -0.2) is 67.4 Å². The van der Waals surface area contributed by atoms with Gasteiger partial charge >= 0.3 is 12.1 Å². The van der Waals surface area contributed by atoms with Crippen LogP contribution in [-0.2, 0) is 35.9 Å². The fourth-order valence-electron chi connectivity index (χ4n) is 5.51. The molecule has 2 atom stereocenters. The van der Waals surface area contributed by atoms with E-state index in [4.69, 9.17) is 18.9 Å². The molecule has 12 nitrogen and oxygen atoms in total. The van der Waals surface area contributed by atoms with Crippen molar-refractivity contribution in [3.8, 4) is 5.75 Å². The van der Waals surface area contributed by atoms with Crippen LogP contribution in [0.1, 0.15) is 45.3 Å². The molecule has 1 saturated heterocycles. The first-order valence-corrected chi connectivity index (χ1v) is 14.9. The van der Waals surface area contributed by atoms with Crippen LogP contribution in [0.5, 0.6) is 5.75 Å². The van der Waals surface area contributed by atoms with Gasteiger partial charge in [0.25, 0.3) is 5.91 Å². The fraction of sp³-hybridized carbons (Fsp3) is 0.333. The molecule has 4 heterocycles. The number of thioether (sulfide) groups is 1. The Labute approximate surface area is 259 Å². The van der Waals surface area contributed by atoms with Crippen LogP contribution in [0.4, 0.5) is 13.6 Å². The van der Waals surface area contributed by atoms with E-state index < -0.39 is 54.2 Å². The maximum Gasteiger partial charge on any atom is 0.511 e. The van der Waals surface area contributed by atoms with E-state index in [2.05, 4.69) is 10.2 Å². The van der Waals surface area contributed by atoms with Crippen LogP contribution in [0.15, 0.2) is 52.3 Å². The molecule has 3 aliphatic heterocycles. The molecule has 0 radical (unpaired) electrons. The third-order valence-corrected chi connectivity index (χ3v) is 8.81. The molecule has 2 aromatic carbocycles. The molecule has 1 unspecified atom stereocenters. The van der Waals surface area contributed by atoms with E-state index in [-0.39, 0.29) is 43.4 Å². The minimum absolute atomic E-state index is 0.101. The predicted molar refractivity (Wildman–Crippen MR) is 153 cm³/mol. The monoisotopic (exact) mass is 643 g/mol. The molecular formula is C30H27F2N3O9S. The van der Waals surface area contributed by atoms with Gasteiger partial charge in [0.15, 0.2) is 17.3 Å². The summed E-state index contributed by atoms with van der Waals surface area (Å²) < 4.78 is 55.7. The van der Waals surface area contributed by atoms with E-state index >= 15 is 0 Å². The number of pyridine rings is 1. The SMILES string of the molecule is COC(=O)CCOC(=O)OCOc1c2n(ccc1=O)N[C@@H]1C(c3cccc4c3Cc3ccc(F)c(F)c3CS4)OCCN1C2=O. The molecule has 3 aliphatic rings. The van der Waals surface area contributed by atoms with Gasteiger partial charge in [-0.05, 0) is 35.2 Å². The van der Waals surface area contributed by atoms with Gasteiger partial charge in [-0.15, -0.1) is 11.8 Å². The average molecular weight is 644 g/mol. The Balaban J connectivity index is 1.23. The zero-order valence-corrected chi connectivity index (χ0v) is 24.7. The number of methoxy groups -OCH3 is 1. The van der Waals surface area contributed by atoms with Crippen molar-refractivity contribution in [1.82, 2.24) is 9.58 Å². The smallest absolute Gasteiger partial charge is 0.469 e. The minimum atomic E-state index is -1.14. The molecule has 45 heavy (non-hydrogen) atoms. The largest absolute Gasteiger partial charge is 0.511 e. The quantitative estimate of drug-likeness (QED) is 0.300. The van der Waals surface area contributed by atoms with Gasteiger partial charge in [0, 0.05) is 35.0 Å². The number of benzene rings is 2. The summed E-state index contributed by atoms with van der Waals surface area (Å²) in [5.41, 5.74) is 5.18. The Bertz CT molecular complexity index is 1730. The lowest BCUT2D eigenvalue weighted by molar-refractivity contribution is -0.141. The Hall–Kier alpha value is -4.63. The second kappa shape index (κ2) is 12.8. The lowest BCUT2D eigenvalue weighted by Crippen LogP contribution is -2.60. The standard InChI is InChI=1S/C30H27F2N3O9S/c1-40-23(37)8-11-42-30(39)44-15-43-27-21(36)7-9-35-25(27)29(38)34-10-12-41-26(28(34)33-35)17-3-2-4-22-18(17)13-16-5-6-20(31)24(32)19(16)14-45-22/h2-7,9,26,28,33H,8,10-15H2,1H3/t26?,28-/m0/s1. The van der Waals surface area contributed by atoms with Crippen LogP contribution in [0.25, 0.3) is 0 Å². The fourth-order valence-corrected chi connectivity index (χ4v) is 6.66. The van der Waals surface area contributed by atoms with Gasteiger partial charge in [0.05, 0.1) is 20.1 Å². The number of aromatic nitrogens is 1. The van der Waals surface area contributed by atoms with E-state index in [1.165, 1.54) is 40.7 Å². The molecule has 0 saturated carbocycles. The molecule has 1 fully saturated rings. The highest BCUT2D eigenvalue weighted by atomic mass is 32.2. The second-order valence-electron chi connectivity index (χ2n) is 10.2. The average Bonchev–Trinajstić information content (AvgIpc) is 3.23. The first-order valence-electron chi connectivity index (χ1n) is 13.9. The Morgan fingerprint density at radius 3 is 2.78 bits per heavy atom. The van der Waals surface area contributed by atoms with Crippen molar-refractivity contribution in [2.75, 3.05) is 39.1 Å². The van der Waals surface area contributed by atoms with E-state index in [1.807, 2.05) is 18.2 Å². The highest BCUT2D eigenvalue weighted by molar-refractivity contribution is 7.98. The second-order valence-corrected chi connectivity index (χ2v) is 11.2. The number of esters is 1. The summed E-state index contributed by atoms with van der Waals surface area (Å²) in [5, 5.41) is 0. The number of carbonyl (C=O) groups excluding carboxylic acids is 3. The van der Waals surface area contributed by atoms with Crippen molar-refractivity contribution in [3.05, 3.63) is 92.4 Å². The summed E-state index contributed by atoms with van der Waals surface area (Å²) in [5.74, 6) is -2.89. The molecule has 15 heteroatoms. The highest BCUT2D eigenvalue weighted by Gasteiger charge is 2.43. The molecule has 6 rings (SSSR count). The number of amides is 1. The molecule has 0 spiro atoms. The number of halogens is 2. The summed E-state index contributed by atoms with van der Waals surface area (Å²) in [6, 6.07) is 9.59. The third-order valence-electron chi connectivity index (χ3n) is 7.68. The lowest BCUT2D eigenvalue weighted by Gasteiger charge is -2.46. The Kier molecular flexibility index (Phi) is 8.63. The molecule has 1 aromatic heterocycles. The van der Waals surface area contributed by atoms with E-state index in [0.29, 0.717) is 17.5 Å². The third kappa shape index (κ3) is 5.92. The van der Waals surface area contributed by atoms with Crippen LogP contribution in [0, 0.1) is 11.6 Å². The van der Waals surface area contributed by atoms with Crippen LogP contribution < -0.4 is 15.6 Å². The number of fused-ring (bicyclic) bond motifs is 4. The molecule has 3 aromatic rings. The number of hydrogen-bond donors (Lipinski definition) is 1. The lowest BCUT2D eigenvalue weighted by atomic mass is 9.92. The zero-order valence-electron chi connectivity index (χ0n) is 23.9. The number of ether oxygens (including phenoxy) is 5. The summed E-state index contributed by atoms with van der Waals surface area (Å²) in [6.45, 7) is -0.612. The summed E-state index contributed by atoms with van der Waals surface area (Å²) in [6.07, 6.45) is -0.914. The van der Waals surface area contributed by atoms with Crippen LogP contribution in [0.2, 0.25) is 0 Å². The van der Waals surface area contributed by atoms with Gasteiger partial charge in [-0.25, -0.2) is 13.6 Å². The maximum atomic E-state index is 14.7. The number of carbonyl (C=O) groups is 3. The van der Waals surface area contributed by atoms with Crippen molar-refractivity contribution in [2.45, 2.75) is 35.8 Å². The number of nitrogens with zero attached hydrogens (tertiary/aromatic N) is 2. The van der Waals surface area contributed by atoms with Crippen LogP contribution in [0.3, 0.4) is 0 Å². The van der Waals surface area contributed by atoms with E-state index in [1.54, 1.807) is 6.07 Å². The van der Waals surface area contributed by atoms with Crippen molar-refractivity contribution in [2.24, 2.45) is 0 Å². The van der Waals surface area contributed by atoms with Crippen molar-refractivity contribution in [3.63, 3.8) is 0 Å². The number of nitrogens with one attached hydrogen (secondary N) is 1. The molecule has 0 aliphatic carbocycles. The van der Waals surface area contributed by atoms with E-state index in [0.717, 1.165) is 22.1 Å². The normalized spacial score (nSPS) is 18.3. The minimum Gasteiger partial charge on any atom is -0.469 e. The van der Waals surface area contributed by atoms with Crippen molar-refractivity contribution >= 4 is 29.8 Å². The summed E-state index contributed by atoms with van der Waals surface area (Å²) >= 11 is 1.41. The topological polar surface area (TPSA) is 135 Å². The summed E-state index contributed by atoms with van der Waals surface area (Å²) in [4.78, 5) is 52.0. The van der Waals surface area contributed by atoms with E-state index in [9.17, 15) is 28.0 Å². The molecule has 1 N–H and O–H groups in total. The molecule has 0 bridgehead atoms. The van der Waals surface area contributed by atoms with Gasteiger partial charge in [0.1, 0.15) is 18.9 Å². The van der Waals surface area contributed by atoms with Gasteiger partial charge in [0.2, 0.25) is 18.0 Å². The number of morpholine rings is 1. The van der Waals surface area contributed by atoms with Crippen molar-refractivity contribution in [1.29, 1.82) is 0 Å². The first kappa shape index (κ1) is 30.4. The van der Waals surface area contributed by atoms with Gasteiger partial charge in [-0.2, -0.15) is 0 Å². The predicted octanol–water partition coefficient (Wildman–Crippen LogP) is 3.47. The molecule has 1 amide bonds. The van der Waals surface area contributed by atoms with Gasteiger partial charge in [-0.1, -0.05) is 18.2 Å². The Morgan fingerprint density at radius 2 is 1.96 bits per heavy atom. The van der Waals surface area contributed by atoms with Gasteiger partial charge < -0.3 is 34.0 Å². The zero-order chi connectivity index (χ0) is 31.7. The van der Waals surface area contributed by atoms with Crippen LogP contribution >= 0.6 is 11.8 Å².